The van der Waals surface area contributed by atoms with E-state index in [9.17, 15) is 13.2 Å². The van der Waals surface area contributed by atoms with Crippen LogP contribution in [0.2, 0.25) is 0 Å². The van der Waals surface area contributed by atoms with Gasteiger partial charge in [0.25, 0.3) is 0 Å². The lowest BCUT2D eigenvalue weighted by molar-refractivity contribution is -0.139. The number of benzene rings is 1. The van der Waals surface area contributed by atoms with E-state index in [1.165, 1.54) is 6.92 Å². The summed E-state index contributed by atoms with van der Waals surface area (Å²) >= 11 is 0. The fourth-order valence-corrected chi connectivity index (χ4v) is 2.84. The Kier molecular flexibility index (Phi) is 4.59. The minimum absolute atomic E-state index is 0.156. The van der Waals surface area contributed by atoms with Gasteiger partial charge < -0.3 is 9.72 Å². The predicted octanol–water partition coefficient (Wildman–Crippen LogP) is 0.586. The highest BCUT2D eigenvalue weighted by atomic mass is 32.2. The van der Waals surface area contributed by atoms with Crippen molar-refractivity contribution in [2.45, 2.75) is 18.6 Å². The second kappa shape index (κ2) is 6.23. The molecule has 0 aliphatic heterocycles. The number of hydrogen-bond acceptors (Lipinski definition) is 5. The monoisotopic (exact) mass is 311 g/mol. The molecule has 1 heterocycles. The lowest BCUT2D eigenvalue weighted by atomic mass is 10.3. The first kappa shape index (κ1) is 15.5. The molecule has 2 aromatic rings. The maximum atomic E-state index is 11.9. The van der Waals surface area contributed by atoms with Crippen LogP contribution in [0.25, 0.3) is 11.0 Å². The van der Waals surface area contributed by atoms with E-state index in [0.717, 1.165) is 18.1 Å². The lowest BCUT2D eigenvalue weighted by Crippen LogP contribution is -2.39. The van der Waals surface area contributed by atoms with Crippen LogP contribution in [0, 0.1) is 0 Å². The van der Waals surface area contributed by atoms with Gasteiger partial charge in [0, 0.05) is 13.0 Å². The number of ether oxygens (including phenoxy) is 1. The molecule has 7 nitrogen and oxygen atoms in total. The van der Waals surface area contributed by atoms with E-state index in [0.29, 0.717) is 12.2 Å². The second-order valence-electron chi connectivity index (χ2n) is 4.56. The van der Waals surface area contributed by atoms with Crippen LogP contribution in [-0.4, -0.2) is 43.3 Å². The standard InChI is InChI=1S/C13H17N3O4S/c1-9(13(17)20-2)21(18,19)14-8-7-12-15-10-5-3-4-6-11(10)16-12/h3-6,9,14H,7-8H2,1-2H3,(H,15,16). The van der Waals surface area contributed by atoms with Gasteiger partial charge in [-0.2, -0.15) is 0 Å². The molecule has 1 unspecified atom stereocenters. The number of carbonyl (C=O) groups excluding carboxylic acids is 1. The molecule has 114 valence electrons. The van der Waals surface area contributed by atoms with Crippen LogP contribution in [-0.2, 0) is 26.0 Å². The zero-order valence-corrected chi connectivity index (χ0v) is 12.6. The Bertz CT molecular complexity index is 706. The summed E-state index contributed by atoms with van der Waals surface area (Å²) < 4.78 is 30.5. The van der Waals surface area contributed by atoms with Crippen LogP contribution < -0.4 is 4.72 Å². The lowest BCUT2D eigenvalue weighted by Gasteiger charge is -2.11. The molecular formula is C13H17N3O4S. The zero-order valence-electron chi connectivity index (χ0n) is 11.8. The molecule has 0 aliphatic carbocycles. The summed E-state index contributed by atoms with van der Waals surface area (Å²) in [5.41, 5.74) is 1.73. The Morgan fingerprint density at radius 3 is 2.81 bits per heavy atom. The van der Waals surface area contributed by atoms with Gasteiger partial charge in [0.05, 0.1) is 18.1 Å². The maximum absolute atomic E-state index is 11.9. The van der Waals surface area contributed by atoms with E-state index in [2.05, 4.69) is 19.4 Å². The molecule has 0 aliphatic rings. The summed E-state index contributed by atoms with van der Waals surface area (Å²) in [6.45, 7) is 1.44. The number of carbonyl (C=O) groups is 1. The highest BCUT2D eigenvalue weighted by molar-refractivity contribution is 7.90. The largest absolute Gasteiger partial charge is 0.468 e. The van der Waals surface area contributed by atoms with Crippen molar-refractivity contribution in [2.24, 2.45) is 0 Å². The number of sulfonamides is 1. The molecule has 0 saturated heterocycles. The molecule has 0 saturated carbocycles. The number of imidazole rings is 1. The Morgan fingerprint density at radius 1 is 1.43 bits per heavy atom. The quantitative estimate of drug-likeness (QED) is 0.760. The number of nitrogens with one attached hydrogen (secondary N) is 2. The third-order valence-corrected chi connectivity index (χ3v) is 4.83. The number of para-hydroxylation sites is 2. The van der Waals surface area contributed by atoms with Gasteiger partial charge in [-0.05, 0) is 19.1 Å². The van der Waals surface area contributed by atoms with Crippen LogP contribution in [0.1, 0.15) is 12.7 Å². The summed E-state index contributed by atoms with van der Waals surface area (Å²) in [5, 5.41) is -1.24. The average Bonchev–Trinajstić information content (AvgIpc) is 2.88. The number of rotatable bonds is 6. The van der Waals surface area contributed by atoms with E-state index in [1.54, 1.807) is 0 Å². The van der Waals surface area contributed by atoms with Gasteiger partial charge >= 0.3 is 5.97 Å². The highest BCUT2D eigenvalue weighted by Gasteiger charge is 2.28. The Hall–Kier alpha value is -1.93. The molecule has 21 heavy (non-hydrogen) atoms. The number of aromatic nitrogens is 2. The van der Waals surface area contributed by atoms with Gasteiger partial charge in [-0.1, -0.05) is 12.1 Å². The molecule has 1 aromatic heterocycles. The van der Waals surface area contributed by atoms with Crippen LogP contribution in [0.5, 0.6) is 0 Å². The molecule has 0 fully saturated rings. The number of nitrogens with zero attached hydrogens (tertiary/aromatic N) is 1. The van der Waals surface area contributed by atoms with Crippen molar-refractivity contribution in [3.05, 3.63) is 30.1 Å². The summed E-state index contributed by atoms with van der Waals surface area (Å²) in [5.74, 6) is -0.101. The topological polar surface area (TPSA) is 101 Å². The molecule has 0 spiro atoms. The smallest absolute Gasteiger partial charge is 0.325 e. The van der Waals surface area contributed by atoms with Crippen molar-refractivity contribution in [2.75, 3.05) is 13.7 Å². The van der Waals surface area contributed by atoms with Crippen molar-refractivity contribution in [3.8, 4) is 0 Å². The zero-order chi connectivity index (χ0) is 15.5. The molecule has 1 atom stereocenters. The molecule has 1 aromatic carbocycles. The van der Waals surface area contributed by atoms with Crippen molar-refractivity contribution in [1.82, 2.24) is 14.7 Å². The van der Waals surface area contributed by atoms with Gasteiger partial charge in [-0.3, -0.25) is 4.79 Å². The SMILES string of the molecule is COC(=O)C(C)S(=O)(=O)NCCc1nc2ccccc2[nH]1. The van der Waals surface area contributed by atoms with Gasteiger partial charge in [-0.25, -0.2) is 18.1 Å². The number of methoxy groups -OCH3 is 1. The summed E-state index contributed by atoms with van der Waals surface area (Å²) in [6.07, 6.45) is 0.405. The summed E-state index contributed by atoms with van der Waals surface area (Å²) in [4.78, 5) is 18.7. The summed E-state index contributed by atoms with van der Waals surface area (Å²) in [7, 11) is -2.58. The highest BCUT2D eigenvalue weighted by Crippen LogP contribution is 2.10. The van der Waals surface area contributed by atoms with Crippen LogP contribution in [0.15, 0.2) is 24.3 Å². The van der Waals surface area contributed by atoms with E-state index in [1.807, 2.05) is 24.3 Å². The number of aromatic amines is 1. The van der Waals surface area contributed by atoms with Crippen molar-refractivity contribution in [3.63, 3.8) is 0 Å². The number of esters is 1. The fourth-order valence-electron chi connectivity index (χ4n) is 1.85. The third-order valence-electron chi connectivity index (χ3n) is 3.10. The maximum Gasteiger partial charge on any atom is 0.325 e. The Balaban J connectivity index is 1.96. The van der Waals surface area contributed by atoms with Crippen molar-refractivity contribution in [1.29, 1.82) is 0 Å². The van der Waals surface area contributed by atoms with Gasteiger partial charge in [0.1, 0.15) is 5.82 Å². The number of H-pyrrole nitrogens is 1. The van der Waals surface area contributed by atoms with E-state index in [-0.39, 0.29) is 6.54 Å². The molecule has 2 N–H and O–H groups in total. The first-order valence-corrected chi connectivity index (χ1v) is 7.98. The summed E-state index contributed by atoms with van der Waals surface area (Å²) in [6, 6.07) is 7.55. The van der Waals surface area contributed by atoms with Crippen LogP contribution in [0.4, 0.5) is 0 Å². The van der Waals surface area contributed by atoms with Crippen LogP contribution in [0.3, 0.4) is 0 Å². The minimum atomic E-state index is -3.74. The van der Waals surface area contributed by atoms with Crippen molar-refractivity contribution >= 4 is 27.0 Å². The molecule has 2 rings (SSSR count). The average molecular weight is 311 g/mol. The minimum Gasteiger partial charge on any atom is -0.468 e. The van der Waals surface area contributed by atoms with Crippen LogP contribution >= 0.6 is 0 Å². The number of fused-ring (bicyclic) bond motifs is 1. The van der Waals surface area contributed by atoms with Crippen molar-refractivity contribution < 1.29 is 17.9 Å². The number of hydrogen-bond donors (Lipinski definition) is 2. The van der Waals surface area contributed by atoms with Gasteiger partial charge in [0.15, 0.2) is 5.25 Å². The van der Waals surface area contributed by atoms with E-state index >= 15 is 0 Å². The normalized spacial score (nSPS) is 13.2. The molecule has 0 bridgehead atoms. The molecule has 0 radical (unpaired) electrons. The molecular weight excluding hydrogens is 294 g/mol. The molecule has 8 heteroatoms. The Morgan fingerprint density at radius 2 is 2.14 bits per heavy atom. The van der Waals surface area contributed by atoms with E-state index in [4.69, 9.17) is 0 Å². The first-order chi connectivity index (χ1) is 9.94. The van der Waals surface area contributed by atoms with Gasteiger partial charge in [-0.15, -0.1) is 0 Å². The Labute approximate surface area is 122 Å². The molecule has 0 amide bonds. The first-order valence-electron chi connectivity index (χ1n) is 6.44. The second-order valence-corrected chi connectivity index (χ2v) is 6.64. The van der Waals surface area contributed by atoms with E-state index < -0.39 is 21.2 Å². The van der Waals surface area contributed by atoms with Gasteiger partial charge in [0.2, 0.25) is 10.0 Å². The predicted molar refractivity (Wildman–Crippen MR) is 78.2 cm³/mol. The third kappa shape index (κ3) is 3.59. The fraction of sp³-hybridized carbons (Fsp3) is 0.385.